The molecule has 0 aliphatic heterocycles. The molecule has 0 bridgehead atoms. The van der Waals surface area contributed by atoms with Crippen LogP contribution < -0.4 is 0 Å². The minimum atomic E-state index is -0.414. The fourth-order valence-corrected chi connectivity index (χ4v) is 2.29. The smallest absolute Gasteiger partial charge is 0.142 e. The molecule has 0 amide bonds. The Morgan fingerprint density at radius 3 is 2.55 bits per heavy atom. The van der Waals surface area contributed by atoms with Crippen LogP contribution in [-0.2, 0) is 5.88 Å². The molecule has 0 fully saturated rings. The van der Waals surface area contributed by atoms with Gasteiger partial charge in [-0.25, -0.2) is 4.39 Å². The zero-order valence-electron chi connectivity index (χ0n) is 5.37. The van der Waals surface area contributed by atoms with E-state index >= 15 is 0 Å². The summed E-state index contributed by atoms with van der Waals surface area (Å²) in [5.74, 6) is -0.169. The highest BCUT2D eigenvalue weighted by Crippen LogP contribution is 2.25. The van der Waals surface area contributed by atoms with Gasteiger partial charge >= 0.3 is 0 Å². The molecule has 0 saturated heterocycles. The van der Waals surface area contributed by atoms with Crippen molar-refractivity contribution in [1.29, 1.82) is 0 Å². The lowest BCUT2D eigenvalue weighted by Crippen LogP contribution is -1.89. The van der Waals surface area contributed by atoms with Gasteiger partial charge in [-0.05, 0) is 34.7 Å². The first-order chi connectivity index (χ1) is 5.16. The molecule has 0 aromatic heterocycles. The van der Waals surface area contributed by atoms with Gasteiger partial charge in [0, 0.05) is 15.0 Å². The summed E-state index contributed by atoms with van der Waals surface area (Å²) in [6.45, 7) is 0. The Morgan fingerprint density at radius 1 is 1.45 bits per heavy atom. The molecule has 0 nitrogen and oxygen atoms in total. The molecule has 1 aromatic rings. The van der Waals surface area contributed by atoms with E-state index in [1.54, 1.807) is 6.07 Å². The van der Waals surface area contributed by atoms with E-state index in [2.05, 4.69) is 22.6 Å². The second kappa shape index (κ2) is 3.92. The molecule has 60 valence electrons. The van der Waals surface area contributed by atoms with E-state index in [0.717, 1.165) is 3.57 Å². The Morgan fingerprint density at radius 2 is 2.09 bits per heavy atom. The van der Waals surface area contributed by atoms with Crippen molar-refractivity contribution < 1.29 is 4.39 Å². The van der Waals surface area contributed by atoms with Crippen LogP contribution in [0.5, 0.6) is 0 Å². The first-order valence-corrected chi connectivity index (χ1v) is 4.84. The molecule has 0 saturated carbocycles. The van der Waals surface area contributed by atoms with Crippen LogP contribution in [0.2, 0.25) is 5.02 Å². The summed E-state index contributed by atoms with van der Waals surface area (Å²) >= 11 is 13.3. The van der Waals surface area contributed by atoms with Gasteiger partial charge in [0.1, 0.15) is 5.82 Å². The molecule has 11 heavy (non-hydrogen) atoms. The van der Waals surface area contributed by atoms with Crippen molar-refractivity contribution in [2.75, 3.05) is 0 Å². The summed E-state index contributed by atoms with van der Waals surface area (Å²) < 4.78 is 13.6. The molecule has 4 heteroatoms. The normalized spacial score (nSPS) is 10.2. The third-order valence-corrected chi connectivity index (χ3v) is 2.96. The predicted molar refractivity (Wildman–Crippen MR) is 53.7 cm³/mol. The van der Waals surface area contributed by atoms with Crippen molar-refractivity contribution in [3.63, 3.8) is 0 Å². The number of rotatable bonds is 1. The van der Waals surface area contributed by atoms with Gasteiger partial charge in [-0.15, -0.1) is 11.6 Å². The van der Waals surface area contributed by atoms with Crippen LogP contribution in [0.1, 0.15) is 5.56 Å². The van der Waals surface area contributed by atoms with Crippen LogP contribution in [-0.4, -0.2) is 0 Å². The lowest BCUT2D eigenvalue weighted by Gasteiger charge is -2.02. The van der Waals surface area contributed by atoms with E-state index in [9.17, 15) is 4.39 Å². The number of alkyl halides is 1. The minimum Gasteiger partial charge on any atom is -0.205 e. The maximum atomic E-state index is 12.8. The number of hydrogen-bond acceptors (Lipinski definition) is 0. The zero-order chi connectivity index (χ0) is 8.43. The number of halogens is 4. The van der Waals surface area contributed by atoms with Crippen molar-refractivity contribution >= 4 is 45.8 Å². The summed E-state index contributed by atoms with van der Waals surface area (Å²) in [6.07, 6.45) is 0. The Labute approximate surface area is 87.8 Å². The van der Waals surface area contributed by atoms with Crippen molar-refractivity contribution in [2.45, 2.75) is 5.88 Å². The quantitative estimate of drug-likeness (QED) is 0.420. The Kier molecular flexibility index (Phi) is 3.40. The maximum absolute atomic E-state index is 12.8. The molecule has 0 aliphatic carbocycles. The lowest BCUT2D eigenvalue weighted by molar-refractivity contribution is 0.626. The Bertz CT molecular complexity index is 275. The maximum Gasteiger partial charge on any atom is 0.142 e. The van der Waals surface area contributed by atoms with Crippen LogP contribution in [0, 0.1) is 9.39 Å². The third-order valence-electron chi connectivity index (χ3n) is 1.27. The van der Waals surface area contributed by atoms with E-state index in [1.807, 2.05) is 0 Å². The van der Waals surface area contributed by atoms with E-state index in [1.165, 1.54) is 6.07 Å². The van der Waals surface area contributed by atoms with E-state index in [4.69, 9.17) is 23.2 Å². The first kappa shape index (κ1) is 9.55. The molecular formula is C7H4Cl2FI. The summed E-state index contributed by atoms with van der Waals surface area (Å²) in [6, 6.07) is 2.99. The molecule has 0 spiro atoms. The van der Waals surface area contributed by atoms with Gasteiger partial charge in [0.2, 0.25) is 0 Å². The second-order valence-corrected chi connectivity index (χ2v) is 3.76. The van der Waals surface area contributed by atoms with Crippen molar-refractivity contribution in [2.24, 2.45) is 0 Å². The second-order valence-electron chi connectivity index (χ2n) is 1.96. The standard InChI is InChI=1S/C7H4Cl2FI/c8-3-4-6(11)2-1-5(10)7(4)9/h1-2H,3H2. The van der Waals surface area contributed by atoms with Crippen molar-refractivity contribution in [1.82, 2.24) is 0 Å². The number of hydrogen-bond donors (Lipinski definition) is 0. The van der Waals surface area contributed by atoms with Crippen LogP contribution in [0.4, 0.5) is 4.39 Å². The van der Waals surface area contributed by atoms with Gasteiger partial charge in [0.25, 0.3) is 0 Å². The van der Waals surface area contributed by atoms with Gasteiger partial charge in [-0.1, -0.05) is 11.6 Å². The fraction of sp³-hybridized carbons (Fsp3) is 0.143. The summed E-state index contributed by atoms with van der Waals surface area (Å²) in [5, 5.41) is 0.131. The molecule has 0 unspecified atom stereocenters. The number of benzene rings is 1. The van der Waals surface area contributed by atoms with Crippen molar-refractivity contribution in [3.05, 3.63) is 32.1 Å². The Balaban J connectivity index is 3.29. The molecular weight excluding hydrogens is 301 g/mol. The minimum absolute atomic E-state index is 0.131. The van der Waals surface area contributed by atoms with Crippen LogP contribution in [0.15, 0.2) is 12.1 Å². The van der Waals surface area contributed by atoms with Crippen LogP contribution in [0.25, 0.3) is 0 Å². The average molecular weight is 305 g/mol. The molecule has 0 aliphatic rings. The SMILES string of the molecule is Fc1ccc(I)c(CCl)c1Cl. The van der Waals surface area contributed by atoms with E-state index in [-0.39, 0.29) is 10.9 Å². The van der Waals surface area contributed by atoms with E-state index in [0.29, 0.717) is 5.56 Å². The van der Waals surface area contributed by atoms with Crippen LogP contribution >= 0.6 is 45.8 Å². The highest BCUT2D eigenvalue weighted by Gasteiger charge is 2.08. The highest BCUT2D eigenvalue weighted by molar-refractivity contribution is 14.1. The van der Waals surface area contributed by atoms with E-state index < -0.39 is 5.82 Å². The summed E-state index contributed by atoms with van der Waals surface area (Å²) in [5.41, 5.74) is 0.661. The molecule has 0 heterocycles. The van der Waals surface area contributed by atoms with Crippen molar-refractivity contribution in [3.8, 4) is 0 Å². The van der Waals surface area contributed by atoms with Gasteiger partial charge in [0.15, 0.2) is 0 Å². The largest absolute Gasteiger partial charge is 0.205 e. The summed E-state index contributed by atoms with van der Waals surface area (Å²) in [7, 11) is 0. The highest BCUT2D eigenvalue weighted by atomic mass is 127. The molecule has 1 rings (SSSR count). The van der Waals surface area contributed by atoms with Crippen LogP contribution in [0.3, 0.4) is 0 Å². The zero-order valence-corrected chi connectivity index (χ0v) is 9.04. The van der Waals surface area contributed by atoms with Gasteiger partial charge < -0.3 is 0 Å². The average Bonchev–Trinajstić information content (AvgIpc) is 1.99. The van der Waals surface area contributed by atoms with Gasteiger partial charge in [-0.2, -0.15) is 0 Å². The summed E-state index contributed by atoms with van der Waals surface area (Å²) in [4.78, 5) is 0. The predicted octanol–water partition coefficient (Wildman–Crippen LogP) is 3.82. The molecule has 1 aromatic carbocycles. The Hall–Kier alpha value is 0.460. The monoisotopic (exact) mass is 304 g/mol. The molecule has 0 radical (unpaired) electrons. The first-order valence-electron chi connectivity index (χ1n) is 2.85. The topological polar surface area (TPSA) is 0 Å². The fourth-order valence-electron chi connectivity index (χ4n) is 0.692. The van der Waals surface area contributed by atoms with Gasteiger partial charge in [0.05, 0.1) is 5.02 Å². The molecule has 0 atom stereocenters. The van der Waals surface area contributed by atoms with Gasteiger partial charge in [-0.3, -0.25) is 0 Å². The third kappa shape index (κ3) is 1.98. The molecule has 0 N–H and O–H groups in total. The lowest BCUT2D eigenvalue weighted by atomic mass is 10.2.